The van der Waals surface area contributed by atoms with E-state index in [4.69, 9.17) is 0 Å². The van der Waals surface area contributed by atoms with Crippen LogP contribution in [0.25, 0.3) is 0 Å². The molecule has 1 aromatic rings. The predicted octanol–water partition coefficient (Wildman–Crippen LogP) is 1.36. The molecule has 0 heterocycles. The zero-order valence-electron chi connectivity index (χ0n) is 9.26. The van der Waals surface area contributed by atoms with Crippen LogP contribution in [-0.2, 0) is 11.3 Å². The second-order valence-corrected chi connectivity index (χ2v) is 3.47. The molecule has 90 valence electrons. The zero-order chi connectivity index (χ0) is 12.1. The summed E-state index contributed by atoms with van der Waals surface area (Å²) < 4.78 is 31.6. The Hall–Kier alpha value is -1.04. The van der Waals surface area contributed by atoms with E-state index in [1.54, 1.807) is 7.05 Å². The maximum atomic E-state index is 13.4. The number of aliphatic hydroxyl groups excluding tert-OH is 1. The summed E-state index contributed by atoms with van der Waals surface area (Å²) in [6, 6.07) is 2.25. The number of likely N-dealkylation sites (N-methyl/N-ethyl adjacent to an activating group) is 1. The van der Waals surface area contributed by atoms with Crippen molar-refractivity contribution in [2.24, 2.45) is 0 Å². The second kappa shape index (κ2) is 5.89. The quantitative estimate of drug-likeness (QED) is 0.804. The number of halogens is 2. The van der Waals surface area contributed by atoms with Gasteiger partial charge in [-0.15, -0.1) is 0 Å². The lowest BCUT2D eigenvalue weighted by Gasteiger charge is -2.12. The van der Waals surface area contributed by atoms with E-state index < -0.39 is 17.7 Å². The van der Waals surface area contributed by atoms with E-state index in [1.807, 2.05) is 0 Å². The van der Waals surface area contributed by atoms with E-state index in [-0.39, 0.29) is 24.3 Å². The molecule has 1 unspecified atom stereocenters. The van der Waals surface area contributed by atoms with Crippen LogP contribution >= 0.6 is 0 Å². The van der Waals surface area contributed by atoms with Gasteiger partial charge in [-0.25, -0.2) is 8.78 Å². The Morgan fingerprint density at radius 2 is 1.94 bits per heavy atom. The van der Waals surface area contributed by atoms with E-state index >= 15 is 0 Å². The average Bonchev–Trinajstić information content (AvgIpc) is 2.23. The molecule has 3 nitrogen and oxygen atoms in total. The van der Waals surface area contributed by atoms with Gasteiger partial charge in [0.25, 0.3) is 0 Å². The van der Waals surface area contributed by atoms with Gasteiger partial charge in [-0.3, -0.25) is 0 Å². The molecule has 16 heavy (non-hydrogen) atoms. The van der Waals surface area contributed by atoms with Gasteiger partial charge in [0.15, 0.2) is 0 Å². The second-order valence-electron chi connectivity index (χ2n) is 3.47. The van der Waals surface area contributed by atoms with Gasteiger partial charge in [-0.2, -0.15) is 0 Å². The molecule has 0 saturated carbocycles. The number of benzene rings is 1. The highest BCUT2D eigenvalue weighted by molar-refractivity contribution is 5.27. The van der Waals surface area contributed by atoms with Crippen molar-refractivity contribution in [2.45, 2.75) is 12.7 Å². The molecule has 5 heteroatoms. The molecule has 1 aromatic carbocycles. The molecule has 0 fully saturated rings. The summed E-state index contributed by atoms with van der Waals surface area (Å²) in [5.74, 6) is -1.40. The Bertz CT molecular complexity index is 335. The largest absolute Gasteiger partial charge is 0.387 e. The molecule has 0 aliphatic rings. The minimum absolute atomic E-state index is 0.122. The van der Waals surface area contributed by atoms with Gasteiger partial charge in [0.1, 0.15) is 11.6 Å². The number of hydrogen-bond donors (Lipinski definition) is 2. The number of hydrogen-bond acceptors (Lipinski definition) is 3. The maximum Gasteiger partial charge on any atom is 0.132 e. The van der Waals surface area contributed by atoms with Crippen molar-refractivity contribution in [3.8, 4) is 0 Å². The predicted molar refractivity (Wildman–Crippen MR) is 56.0 cm³/mol. The first kappa shape index (κ1) is 13.0. The third-order valence-corrected chi connectivity index (χ3v) is 2.23. The van der Waals surface area contributed by atoms with Crippen LogP contribution in [0.4, 0.5) is 8.78 Å². The monoisotopic (exact) mass is 231 g/mol. The van der Waals surface area contributed by atoms with Crippen molar-refractivity contribution in [3.05, 3.63) is 34.9 Å². The molecule has 0 saturated heterocycles. The number of rotatable bonds is 5. The Kier molecular flexibility index (Phi) is 4.79. The summed E-state index contributed by atoms with van der Waals surface area (Å²) in [7, 11) is 3.01. The van der Waals surface area contributed by atoms with Gasteiger partial charge in [-0.05, 0) is 24.7 Å². The Morgan fingerprint density at radius 3 is 2.38 bits per heavy atom. The van der Waals surface area contributed by atoms with Crippen LogP contribution in [0.1, 0.15) is 17.2 Å². The first-order chi connectivity index (χ1) is 7.60. The Balaban J connectivity index is 2.99. The molecule has 2 N–H and O–H groups in total. The summed E-state index contributed by atoms with van der Waals surface area (Å²) >= 11 is 0. The Morgan fingerprint density at radius 1 is 1.38 bits per heavy atom. The molecule has 1 atom stereocenters. The zero-order valence-corrected chi connectivity index (χ0v) is 9.26. The minimum atomic E-state index is -0.925. The van der Waals surface area contributed by atoms with Crippen LogP contribution in [0.5, 0.6) is 0 Å². The van der Waals surface area contributed by atoms with Crippen LogP contribution in [0, 0.1) is 11.6 Å². The van der Waals surface area contributed by atoms with Gasteiger partial charge >= 0.3 is 0 Å². The first-order valence-corrected chi connectivity index (χ1v) is 4.89. The fraction of sp³-hybridized carbons (Fsp3) is 0.455. The standard InChI is InChI=1S/C11H15F2NO2/c1-14-5-11(15)7-3-9(12)8(6-16-2)10(13)4-7/h3-4,11,14-15H,5-6H2,1-2H3. The summed E-state index contributed by atoms with van der Waals surface area (Å²) in [6.45, 7) is 0.114. The third kappa shape index (κ3) is 2.98. The van der Waals surface area contributed by atoms with Crippen LogP contribution in [0.15, 0.2) is 12.1 Å². The van der Waals surface area contributed by atoms with Crippen molar-refractivity contribution in [2.75, 3.05) is 20.7 Å². The van der Waals surface area contributed by atoms with Gasteiger partial charge in [0, 0.05) is 19.2 Å². The number of methoxy groups -OCH3 is 1. The fourth-order valence-electron chi connectivity index (χ4n) is 1.41. The van der Waals surface area contributed by atoms with Crippen molar-refractivity contribution < 1.29 is 18.6 Å². The maximum absolute atomic E-state index is 13.4. The number of ether oxygens (including phenoxy) is 1. The van der Waals surface area contributed by atoms with Crippen LogP contribution < -0.4 is 5.32 Å². The first-order valence-electron chi connectivity index (χ1n) is 4.89. The van der Waals surface area contributed by atoms with Gasteiger partial charge in [-0.1, -0.05) is 0 Å². The van der Waals surface area contributed by atoms with Crippen LogP contribution in [-0.4, -0.2) is 25.8 Å². The van der Waals surface area contributed by atoms with E-state index in [2.05, 4.69) is 10.1 Å². The third-order valence-electron chi connectivity index (χ3n) is 2.23. The van der Waals surface area contributed by atoms with E-state index in [0.717, 1.165) is 12.1 Å². The lowest BCUT2D eigenvalue weighted by molar-refractivity contribution is 0.171. The number of nitrogens with one attached hydrogen (secondary N) is 1. The summed E-state index contributed by atoms with van der Waals surface area (Å²) in [5, 5.41) is 12.3. The topological polar surface area (TPSA) is 41.5 Å². The summed E-state index contributed by atoms with van der Waals surface area (Å²) in [4.78, 5) is 0. The van der Waals surface area contributed by atoms with Crippen molar-refractivity contribution in [3.63, 3.8) is 0 Å². The van der Waals surface area contributed by atoms with Crippen molar-refractivity contribution >= 4 is 0 Å². The van der Waals surface area contributed by atoms with E-state index in [9.17, 15) is 13.9 Å². The summed E-state index contributed by atoms with van der Waals surface area (Å²) in [5.41, 5.74) is 0.0899. The van der Waals surface area contributed by atoms with Crippen molar-refractivity contribution in [1.29, 1.82) is 0 Å². The molecule has 0 aliphatic heterocycles. The fourth-order valence-corrected chi connectivity index (χ4v) is 1.41. The van der Waals surface area contributed by atoms with E-state index in [1.165, 1.54) is 7.11 Å². The SMILES string of the molecule is CNCC(O)c1cc(F)c(COC)c(F)c1. The van der Waals surface area contributed by atoms with Crippen LogP contribution in [0.3, 0.4) is 0 Å². The molecular formula is C11H15F2NO2. The van der Waals surface area contributed by atoms with Crippen LogP contribution in [0.2, 0.25) is 0 Å². The number of aliphatic hydroxyl groups is 1. The molecule has 0 aliphatic carbocycles. The lowest BCUT2D eigenvalue weighted by Crippen LogP contribution is -2.17. The highest BCUT2D eigenvalue weighted by atomic mass is 19.1. The normalized spacial score (nSPS) is 12.8. The smallest absolute Gasteiger partial charge is 0.132 e. The van der Waals surface area contributed by atoms with Gasteiger partial charge < -0.3 is 15.2 Å². The molecule has 0 amide bonds. The lowest BCUT2D eigenvalue weighted by atomic mass is 10.1. The highest BCUT2D eigenvalue weighted by Gasteiger charge is 2.14. The molecule has 0 radical (unpaired) electrons. The molecule has 1 rings (SSSR count). The minimum Gasteiger partial charge on any atom is -0.387 e. The summed E-state index contributed by atoms with van der Waals surface area (Å²) in [6.07, 6.45) is -0.925. The Labute approximate surface area is 93.0 Å². The average molecular weight is 231 g/mol. The molecular weight excluding hydrogens is 216 g/mol. The van der Waals surface area contributed by atoms with Gasteiger partial charge in [0.05, 0.1) is 12.7 Å². The molecule has 0 spiro atoms. The van der Waals surface area contributed by atoms with Crippen molar-refractivity contribution in [1.82, 2.24) is 5.32 Å². The van der Waals surface area contributed by atoms with Gasteiger partial charge in [0.2, 0.25) is 0 Å². The highest BCUT2D eigenvalue weighted by Crippen LogP contribution is 2.20. The molecule has 0 bridgehead atoms. The van der Waals surface area contributed by atoms with E-state index in [0.29, 0.717) is 0 Å². The molecule has 0 aromatic heterocycles.